The van der Waals surface area contributed by atoms with Gasteiger partial charge in [0.05, 0.1) is 27.9 Å². The van der Waals surface area contributed by atoms with Crippen LogP contribution in [0.5, 0.6) is 0 Å². The van der Waals surface area contributed by atoms with Crippen molar-refractivity contribution < 1.29 is 0 Å². The summed E-state index contributed by atoms with van der Waals surface area (Å²) in [5.41, 5.74) is 7.07. The Labute approximate surface area is 173 Å². The maximum atomic E-state index is 4.99. The zero-order chi connectivity index (χ0) is 20.1. The second kappa shape index (κ2) is 6.49. The van der Waals surface area contributed by atoms with Crippen LogP contribution >= 0.6 is 0 Å². The molecule has 0 fully saturated rings. The molecule has 0 saturated carbocycles. The highest BCUT2D eigenvalue weighted by molar-refractivity contribution is 6.03. The highest BCUT2D eigenvalue weighted by Gasteiger charge is 2.11. The van der Waals surface area contributed by atoms with Crippen LogP contribution in [0.3, 0.4) is 0 Å². The highest BCUT2D eigenvalue weighted by atomic mass is 15.0. The van der Waals surface area contributed by atoms with Gasteiger partial charge in [-0.1, -0.05) is 48.5 Å². The van der Waals surface area contributed by atoms with E-state index in [0.717, 1.165) is 55.7 Å². The Morgan fingerprint density at radius 2 is 1.53 bits per heavy atom. The molecular formula is C26H18N4. The molecule has 0 amide bonds. The van der Waals surface area contributed by atoms with Crippen molar-refractivity contribution >= 4 is 27.3 Å². The van der Waals surface area contributed by atoms with Crippen LogP contribution in [-0.4, -0.2) is 19.4 Å². The molecule has 4 heteroatoms. The summed E-state index contributed by atoms with van der Waals surface area (Å²) >= 11 is 0. The van der Waals surface area contributed by atoms with Gasteiger partial charge in [-0.3, -0.25) is 9.38 Å². The fourth-order valence-electron chi connectivity index (χ4n) is 4.10. The van der Waals surface area contributed by atoms with Crippen molar-refractivity contribution in [3.05, 3.63) is 97.0 Å². The maximum Gasteiger partial charge on any atom is 0.144 e. The molecule has 6 rings (SSSR count). The number of aryl methyl sites for hydroxylation is 1. The fourth-order valence-corrected chi connectivity index (χ4v) is 4.10. The summed E-state index contributed by atoms with van der Waals surface area (Å²) < 4.78 is 2.14. The van der Waals surface area contributed by atoms with Gasteiger partial charge in [0, 0.05) is 34.3 Å². The third-order valence-electron chi connectivity index (χ3n) is 5.58. The number of aromatic nitrogens is 4. The molecule has 30 heavy (non-hydrogen) atoms. The van der Waals surface area contributed by atoms with E-state index >= 15 is 0 Å². The molecule has 0 atom stereocenters. The Morgan fingerprint density at radius 1 is 0.700 bits per heavy atom. The van der Waals surface area contributed by atoms with Crippen LogP contribution in [-0.2, 0) is 0 Å². The molecule has 142 valence electrons. The SMILES string of the molecule is Cc1nc(-c2cccc(-c3ccc4ccc5cccnc5c4n3)c2)n2ccccc12. The van der Waals surface area contributed by atoms with E-state index < -0.39 is 0 Å². The van der Waals surface area contributed by atoms with Crippen molar-refractivity contribution in [2.75, 3.05) is 0 Å². The van der Waals surface area contributed by atoms with Gasteiger partial charge < -0.3 is 0 Å². The van der Waals surface area contributed by atoms with Crippen LogP contribution in [0.1, 0.15) is 5.69 Å². The molecule has 4 aromatic heterocycles. The molecule has 0 aliphatic rings. The van der Waals surface area contributed by atoms with Crippen molar-refractivity contribution in [2.24, 2.45) is 0 Å². The average Bonchev–Trinajstić information content (AvgIpc) is 3.15. The summed E-state index contributed by atoms with van der Waals surface area (Å²) in [5.74, 6) is 0.942. The second-order valence-electron chi connectivity index (χ2n) is 7.47. The molecule has 6 aromatic rings. The van der Waals surface area contributed by atoms with Gasteiger partial charge in [-0.2, -0.15) is 0 Å². The van der Waals surface area contributed by atoms with Crippen molar-refractivity contribution in [2.45, 2.75) is 6.92 Å². The lowest BCUT2D eigenvalue weighted by molar-refractivity contribution is 1.16. The number of hydrogen-bond acceptors (Lipinski definition) is 3. The first-order valence-electron chi connectivity index (χ1n) is 9.97. The summed E-state index contributed by atoms with van der Waals surface area (Å²) in [6, 6.07) is 27.0. The normalized spacial score (nSPS) is 11.5. The summed E-state index contributed by atoms with van der Waals surface area (Å²) in [4.78, 5) is 14.4. The van der Waals surface area contributed by atoms with Gasteiger partial charge in [0.2, 0.25) is 0 Å². The Hall–Kier alpha value is -4.05. The molecule has 0 N–H and O–H groups in total. The lowest BCUT2D eigenvalue weighted by atomic mass is 10.0. The number of rotatable bonds is 2. The van der Waals surface area contributed by atoms with Crippen LogP contribution in [0.4, 0.5) is 0 Å². The second-order valence-corrected chi connectivity index (χ2v) is 7.47. The molecule has 0 bridgehead atoms. The van der Waals surface area contributed by atoms with Gasteiger partial charge in [0.15, 0.2) is 0 Å². The number of benzene rings is 2. The van der Waals surface area contributed by atoms with E-state index in [1.165, 1.54) is 0 Å². The summed E-state index contributed by atoms with van der Waals surface area (Å²) in [5, 5.41) is 2.19. The zero-order valence-corrected chi connectivity index (χ0v) is 16.4. The molecule has 4 nitrogen and oxygen atoms in total. The molecule has 2 aromatic carbocycles. The van der Waals surface area contributed by atoms with E-state index in [4.69, 9.17) is 9.97 Å². The van der Waals surface area contributed by atoms with Gasteiger partial charge in [-0.05, 0) is 37.3 Å². The number of nitrogens with zero attached hydrogens (tertiary/aromatic N) is 4. The number of imidazole rings is 1. The first-order valence-corrected chi connectivity index (χ1v) is 9.97. The smallest absolute Gasteiger partial charge is 0.144 e. The molecule has 4 heterocycles. The molecule has 0 aliphatic carbocycles. The van der Waals surface area contributed by atoms with Gasteiger partial charge in [-0.15, -0.1) is 0 Å². The maximum absolute atomic E-state index is 4.99. The monoisotopic (exact) mass is 386 g/mol. The predicted octanol–water partition coefficient (Wildman–Crippen LogP) is 6.07. The van der Waals surface area contributed by atoms with Gasteiger partial charge >= 0.3 is 0 Å². The molecule has 0 radical (unpaired) electrons. The van der Waals surface area contributed by atoms with Gasteiger partial charge in [-0.25, -0.2) is 9.97 Å². The predicted molar refractivity (Wildman–Crippen MR) is 121 cm³/mol. The zero-order valence-electron chi connectivity index (χ0n) is 16.4. The number of hydrogen-bond donors (Lipinski definition) is 0. The van der Waals surface area contributed by atoms with Crippen LogP contribution in [0.2, 0.25) is 0 Å². The highest BCUT2D eigenvalue weighted by Crippen LogP contribution is 2.29. The van der Waals surface area contributed by atoms with Gasteiger partial charge in [0.25, 0.3) is 0 Å². The largest absolute Gasteiger partial charge is 0.300 e. The lowest BCUT2D eigenvalue weighted by Gasteiger charge is -2.08. The van der Waals surface area contributed by atoms with E-state index in [1.807, 2.05) is 31.3 Å². The average molecular weight is 386 g/mol. The van der Waals surface area contributed by atoms with E-state index in [1.54, 1.807) is 0 Å². The molecule has 0 aliphatic heterocycles. The van der Waals surface area contributed by atoms with Crippen molar-refractivity contribution in [1.82, 2.24) is 19.4 Å². The summed E-state index contributed by atoms with van der Waals surface area (Å²) in [7, 11) is 0. The standard InChI is InChI=1S/C26H18N4/c1-17-23-9-2-3-15-30(23)26(28-17)21-7-4-6-20(16-21)22-13-12-19-11-10-18-8-5-14-27-24(18)25(19)29-22/h2-16H,1H3. The van der Waals surface area contributed by atoms with Crippen molar-refractivity contribution in [3.8, 4) is 22.6 Å². The fraction of sp³-hybridized carbons (Fsp3) is 0.0385. The summed E-state index contributed by atoms with van der Waals surface area (Å²) in [6.45, 7) is 2.05. The quantitative estimate of drug-likeness (QED) is 0.339. The molecule has 0 unspecified atom stereocenters. The Bertz CT molecular complexity index is 1560. The molecular weight excluding hydrogens is 368 g/mol. The van der Waals surface area contributed by atoms with Crippen LogP contribution in [0, 0.1) is 6.92 Å². The van der Waals surface area contributed by atoms with E-state index in [-0.39, 0.29) is 0 Å². The minimum absolute atomic E-state index is 0.929. The summed E-state index contributed by atoms with van der Waals surface area (Å²) in [6.07, 6.45) is 3.88. The third-order valence-corrected chi connectivity index (χ3v) is 5.58. The minimum atomic E-state index is 0.929. The first-order chi connectivity index (χ1) is 14.8. The Balaban J connectivity index is 1.53. The van der Waals surface area contributed by atoms with Crippen LogP contribution in [0.15, 0.2) is 91.3 Å². The Morgan fingerprint density at radius 3 is 2.47 bits per heavy atom. The van der Waals surface area contributed by atoms with E-state index in [0.29, 0.717) is 0 Å². The van der Waals surface area contributed by atoms with Gasteiger partial charge in [0.1, 0.15) is 5.82 Å². The number of fused-ring (bicyclic) bond motifs is 4. The van der Waals surface area contributed by atoms with E-state index in [9.17, 15) is 0 Å². The third kappa shape index (κ3) is 2.58. The molecule has 0 spiro atoms. The lowest BCUT2D eigenvalue weighted by Crippen LogP contribution is -1.91. The van der Waals surface area contributed by atoms with Crippen LogP contribution in [0.25, 0.3) is 50.0 Å². The first kappa shape index (κ1) is 16.9. The van der Waals surface area contributed by atoms with Crippen LogP contribution < -0.4 is 0 Å². The number of pyridine rings is 3. The Kier molecular flexibility index (Phi) is 3.65. The minimum Gasteiger partial charge on any atom is -0.300 e. The van der Waals surface area contributed by atoms with Crippen molar-refractivity contribution in [1.29, 1.82) is 0 Å². The van der Waals surface area contributed by atoms with E-state index in [2.05, 4.69) is 76.2 Å². The topological polar surface area (TPSA) is 43.1 Å². The molecule has 0 saturated heterocycles. The van der Waals surface area contributed by atoms with Crippen molar-refractivity contribution in [3.63, 3.8) is 0 Å².